The Labute approximate surface area is 111 Å². The molecule has 0 bridgehead atoms. The number of carbonyl (C=O) groups is 2. The van der Waals surface area contributed by atoms with Crippen LogP contribution in [0, 0.1) is 0 Å². The van der Waals surface area contributed by atoms with Crippen LogP contribution in [-0.2, 0) is 14.9 Å². The lowest BCUT2D eigenvalue weighted by molar-refractivity contribution is -0.142. The molecule has 19 heavy (non-hydrogen) atoms. The molecule has 0 saturated heterocycles. The van der Waals surface area contributed by atoms with Gasteiger partial charge in [0.25, 0.3) is 5.91 Å². The number of carbonyl (C=O) groups excluding carboxylic acids is 1. The molecule has 0 atom stereocenters. The minimum absolute atomic E-state index is 0.101. The van der Waals surface area contributed by atoms with Crippen LogP contribution in [0.3, 0.4) is 0 Å². The van der Waals surface area contributed by atoms with Crippen LogP contribution in [0.5, 0.6) is 0 Å². The second-order valence-corrected chi connectivity index (χ2v) is 5.12. The SMILES string of the molecule is CC(C)(C)c1cc(C(=O)NCCOCC(=O)O)n[nH]1. The molecule has 1 heterocycles. The first-order valence-electron chi connectivity index (χ1n) is 5.94. The van der Waals surface area contributed by atoms with Gasteiger partial charge in [-0.05, 0) is 6.07 Å². The number of rotatable bonds is 6. The summed E-state index contributed by atoms with van der Waals surface area (Å²) in [6.07, 6.45) is 0. The maximum atomic E-state index is 11.7. The average Bonchev–Trinajstić information content (AvgIpc) is 2.76. The molecular weight excluding hydrogens is 250 g/mol. The van der Waals surface area contributed by atoms with E-state index in [-0.39, 0.29) is 31.1 Å². The first-order chi connectivity index (χ1) is 8.80. The number of aliphatic carboxylic acids is 1. The average molecular weight is 269 g/mol. The molecule has 0 aliphatic carbocycles. The number of carboxylic acids is 1. The minimum atomic E-state index is -1.03. The van der Waals surface area contributed by atoms with Crippen molar-refractivity contribution in [2.24, 2.45) is 0 Å². The molecule has 0 saturated carbocycles. The number of aromatic nitrogens is 2. The fourth-order valence-corrected chi connectivity index (χ4v) is 1.31. The van der Waals surface area contributed by atoms with Gasteiger partial charge in [0.1, 0.15) is 12.3 Å². The molecule has 7 nitrogen and oxygen atoms in total. The molecule has 0 radical (unpaired) electrons. The van der Waals surface area contributed by atoms with Gasteiger partial charge < -0.3 is 15.2 Å². The van der Waals surface area contributed by atoms with Crippen LogP contribution in [0.15, 0.2) is 6.07 Å². The topological polar surface area (TPSA) is 104 Å². The molecule has 1 rings (SSSR count). The molecule has 1 aromatic heterocycles. The smallest absolute Gasteiger partial charge is 0.329 e. The third-order valence-electron chi connectivity index (χ3n) is 2.38. The Morgan fingerprint density at radius 3 is 2.68 bits per heavy atom. The van der Waals surface area contributed by atoms with Gasteiger partial charge in [-0.1, -0.05) is 20.8 Å². The van der Waals surface area contributed by atoms with E-state index in [1.165, 1.54) is 0 Å². The Kier molecular flexibility index (Phi) is 5.05. The fraction of sp³-hybridized carbons (Fsp3) is 0.583. The Balaban J connectivity index is 2.38. The Hall–Kier alpha value is -1.89. The summed E-state index contributed by atoms with van der Waals surface area (Å²) in [4.78, 5) is 21.9. The van der Waals surface area contributed by atoms with Gasteiger partial charge >= 0.3 is 5.97 Å². The van der Waals surface area contributed by atoms with Gasteiger partial charge in [0.05, 0.1) is 6.61 Å². The second-order valence-electron chi connectivity index (χ2n) is 5.12. The molecule has 7 heteroatoms. The number of ether oxygens (including phenoxy) is 1. The predicted molar refractivity (Wildman–Crippen MR) is 68.1 cm³/mol. The van der Waals surface area contributed by atoms with Gasteiger partial charge in [-0.15, -0.1) is 0 Å². The first kappa shape index (κ1) is 15.2. The molecule has 0 unspecified atom stereocenters. The minimum Gasteiger partial charge on any atom is -0.480 e. The normalized spacial score (nSPS) is 11.3. The summed E-state index contributed by atoms with van der Waals surface area (Å²) in [7, 11) is 0. The highest BCUT2D eigenvalue weighted by Gasteiger charge is 2.19. The highest BCUT2D eigenvalue weighted by Crippen LogP contribution is 2.19. The van der Waals surface area contributed by atoms with Gasteiger partial charge in [0, 0.05) is 17.7 Å². The van der Waals surface area contributed by atoms with E-state index in [9.17, 15) is 9.59 Å². The molecule has 1 amide bonds. The van der Waals surface area contributed by atoms with Crippen LogP contribution in [0.2, 0.25) is 0 Å². The number of nitrogens with one attached hydrogen (secondary N) is 2. The monoisotopic (exact) mass is 269 g/mol. The maximum absolute atomic E-state index is 11.7. The fourth-order valence-electron chi connectivity index (χ4n) is 1.31. The number of hydrogen-bond donors (Lipinski definition) is 3. The van der Waals surface area contributed by atoms with E-state index >= 15 is 0 Å². The van der Waals surface area contributed by atoms with Crippen molar-refractivity contribution in [2.75, 3.05) is 19.8 Å². The van der Waals surface area contributed by atoms with Crippen molar-refractivity contribution >= 4 is 11.9 Å². The van der Waals surface area contributed by atoms with Crippen molar-refractivity contribution in [2.45, 2.75) is 26.2 Å². The van der Waals surface area contributed by atoms with Crippen molar-refractivity contribution in [3.05, 3.63) is 17.5 Å². The van der Waals surface area contributed by atoms with E-state index < -0.39 is 5.97 Å². The van der Waals surface area contributed by atoms with E-state index in [4.69, 9.17) is 9.84 Å². The Bertz CT molecular complexity index is 448. The first-order valence-corrected chi connectivity index (χ1v) is 5.94. The van der Waals surface area contributed by atoms with E-state index in [1.807, 2.05) is 20.8 Å². The molecule has 1 aromatic rings. The van der Waals surface area contributed by atoms with Crippen LogP contribution in [0.25, 0.3) is 0 Å². The van der Waals surface area contributed by atoms with E-state index in [0.717, 1.165) is 5.69 Å². The van der Waals surface area contributed by atoms with Gasteiger partial charge in [-0.25, -0.2) is 4.79 Å². The maximum Gasteiger partial charge on any atom is 0.329 e. The third-order valence-corrected chi connectivity index (χ3v) is 2.38. The molecular formula is C12H19N3O4. The molecule has 0 fully saturated rings. The molecule has 0 aliphatic heterocycles. The number of carboxylic acid groups (broad SMARTS) is 1. The summed E-state index contributed by atoms with van der Waals surface area (Å²) in [5.74, 6) is -1.35. The Morgan fingerprint density at radius 2 is 2.16 bits per heavy atom. The number of amides is 1. The number of nitrogens with zero attached hydrogens (tertiary/aromatic N) is 1. The van der Waals surface area contributed by atoms with Crippen molar-refractivity contribution in [3.63, 3.8) is 0 Å². The summed E-state index contributed by atoms with van der Waals surface area (Å²) in [5.41, 5.74) is 1.08. The number of hydrogen-bond acceptors (Lipinski definition) is 4. The predicted octanol–water partition coefficient (Wildman–Crippen LogP) is 0.538. The van der Waals surface area contributed by atoms with Gasteiger partial charge in [-0.3, -0.25) is 9.89 Å². The van der Waals surface area contributed by atoms with Gasteiger partial charge in [0.2, 0.25) is 0 Å². The summed E-state index contributed by atoms with van der Waals surface area (Å²) in [6, 6.07) is 1.70. The van der Waals surface area contributed by atoms with Gasteiger partial charge in [-0.2, -0.15) is 5.10 Å². The van der Waals surface area contributed by atoms with Crippen LogP contribution in [0.4, 0.5) is 0 Å². The molecule has 3 N–H and O–H groups in total. The standard InChI is InChI=1S/C12H19N3O4/c1-12(2,3)9-6-8(14-15-9)11(18)13-4-5-19-7-10(16)17/h6H,4-5,7H2,1-3H3,(H,13,18)(H,14,15)(H,16,17). The van der Waals surface area contributed by atoms with E-state index in [1.54, 1.807) is 6.07 Å². The lowest BCUT2D eigenvalue weighted by Gasteiger charge is -2.14. The van der Waals surface area contributed by atoms with Crippen LogP contribution in [0.1, 0.15) is 37.0 Å². The second kappa shape index (κ2) is 6.33. The summed E-state index contributed by atoms with van der Waals surface area (Å²) < 4.78 is 4.80. The molecule has 106 valence electrons. The van der Waals surface area contributed by atoms with Crippen molar-refractivity contribution < 1.29 is 19.4 Å². The zero-order valence-electron chi connectivity index (χ0n) is 11.3. The van der Waals surface area contributed by atoms with Crippen molar-refractivity contribution in [1.29, 1.82) is 0 Å². The van der Waals surface area contributed by atoms with Crippen molar-refractivity contribution in [1.82, 2.24) is 15.5 Å². The number of H-pyrrole nitrogens is 1. The third kappa shape index (κ3) is 5.09. The lowest BCUT2D eigenvalue weighted by atomic mass is 9.92. The summed E-state index contributed by atoms with van der Waals surface area (Å²) >= 11 is 0. The quantitative estimate of drug-likeness (QED) is 0.654. The number of aromatic amines is 1. The summed E-state index contributed by atoms with van der Waals surface area (Å²) in [5, 5.41) is 17.7. The highest BCUT2D eigenvalue weighted by atomic mass is 16.5. The molecule has 0 spiro atoms. The van der Waals surface area contributed by atoms with Crippen LogP contribution in [-0.4, -0.2) is 46.9 Å². The van der Waals surface area contributed by atoms with Crippen LogP contribution >= 0.6 is 0 Å². The largest absolute Gasteiger partial charge is 0.480 e. The summed E-state index contributed by atoms with van der Waals surface area (Å²) in [6.45, 7) is 6.07. The highest BCUT2D eigenvalue weighted by molar-refractivity contribution is 5.92. The van der Waals surface area contributed by atoms with Crippen LogP contribution < -0.4 is 5.32 Å². The van der Waals surface area contributed by atoms with E-state index in [2.05, 4.69) is 15.5 Å². The lowest BCUT2D eigenvalue weighted by Crippen LogP contribution is -2.28. The van der Waals surface area contributed by atoms with Crippen molar-refractivity contribution in [3.8, 4) is 0 Å². The molecule has 0 aromatic carbocycles. The zero-order chi connectivity index (χ0) is 14.5. The van der Waals surface area contributed by atoms with Gasteiger partial charge in [0.15, 0.2) is 0 Å². The zero-order valence-corrected chi connectivity index (χ0v) is 11.3. The Morgan fingerprint density at radius 1 is 1.47 bits per heavy atom. The van der Waals surface area contributed by atoms with E-state index in [0.29, 0.717) is 5.69 Å². The molecule has 0 aliphatic rings.